The van der Waals surface area contributed by atoms with Crippen LogP contribution >= 0.6 is 23.1 Å². The molecule has 1 fully saturated rings. The standard InChI is InChI=1S/C13H20N2OS2/c1-17-9-6-10(14)13(16)15-7-2-4-11(15)12-5-3-8-18-12/h3,5,8,10-11H,2,4,6-7,9,14H2,1H3/t10-,11?/m0/s1. The number of amides is 1. The molecule has 2 heterocycles. The average molecular weight is 284 g/mol. The highest BCUT2D eigenvalue weighted by atomic mass is 32.2. The van der Waals surface area contributed by atoms with Gasteiger partial charge in [-0.05, 0) is 42.7 Å². The summed E-state index contributed by atoms with van der Waals surface area (Å²) < 4.78 is 0. The van der Waals surface area contributed by atoms with Crippen molar-refractivity contribution in [2.45, 2.75) is 31.3 Å². The van der Waals surface area contributed by atoms with Gasteiger partial charge in [0, 0.05) is 11.4 Å². The molecule has 100 valence electrons. The predicted octanol–water partition coefficient (Wildman–Crippen LogP) is 2.49. The average Bonchev–Trinajstić information content (AvgIpc) is 3.03. The molecule has 1 aromatic heterocycles. The largest absolute Gasteiger partial charge is 0.333 e. The minimum atomic E-state index is -0.335. The minimum Gasteiger partial charge on any atom is -0.333 e. The van der Waals surface area contributed by atoms with Gasteiger partial charge in [-0.25, -0.2) is 0 Å². The fraction of sp³-hybridized carbons (Fsp3) is 0.615. The summed E-state index contributed by atoms with van der Waals surface area (Å²) >= 11 is 3.47. The highest BCUT2D eigenvalue weighted by Crippen LogP contribution is 2.34. The third kappa shape index (κ3) is 3.08. The van der Waals surface area contributed by atoms with Gasteiger partial charge in [-0.3, -0.25) is 4.79 Å². The Labute approximate surface area is 117 Å². The van der Waals surface area contributed by atoms with Crippen LogP contribution < -0.4 is 5.73 Å². The van der Waals surface area contributed by atoms with Gasteiger partial charge in [0.05, 0.1) is 12.1 Å². The molecule has 2 N–H and O–H groups in total. The summed E-state index contributed by atoms with van der Waals surface area (Å²) in [6.07, 6.45) is 4.97. The first-order valence-electron chi connectivity index (χ1n) is 6.32. The van der Waals surface area contributed by atoms with E-state index in [-0.39, 0.29) is 18.0 Å². The number of nitrogens with zero attached hydrogens (tertiary/aromatic N) is 1. The van der Waals surface area contributed by atoms with E-state index in [0.717, 1.165) is 31.6 Å². The van der Waals surface area contributed by atoms with Gasteiger partial charge in [-0.2, -0.15) is 11.8 Å². The van der Waals surface area contributed by atoms with Crippen molar-refractivity contribution in [2.75, 3.05) is 18.6 Å². The molecule has 0 bridgehead atoms. The summed E-state index contributed by atoms with van der Waals surface area (Å²) in [5.74, 6) is 1.07. The van der Waals surface area contributed by atoms with Crippen molar-refractivity contribution in [3.05, 3.63) is 22.4 Å². The van der Waals surface area contributed by atoms with Crippen LogP contribution in [0.15, 0.2) is 17.5 Å². The van der Waals surface area contributed by atoms with Crippen molar-refractivity contribution in [2.24, 2.45) is 5.73 Å². The van der Waals surface area contributed by atoms with E-state index in [1.54, 1.807) is 23.1 Å². The van der Waals surface area contributed by atoms with Crippen LogP contribution in [0, 0.1) is 0 Å². The first-order valence-corrected chi connectivity index (χ1v) is 8.59. The zero-order chi connectivity index (χ0) is 13.0. The molecule has 18 heavy (non-hydrogen) atoms. The second-order valence-electron chi connectivity index (χ2n) is 4.59. The second kappa shape index (κ2) is 6.59. The van der Waals surface area contributed by atoms with Gasteiger partial charge in [0.25, 0.3) is 0 Å². The lowest BCUT2D eigenvalue weighted by Gasteiger charge is -2.26. The van der Waals surface area contributed by atoms with Gasteiger partial charge in [0.15, 0.2) is 0 Å². The summed E-state index contributed by atoms with van der Waals surface area (Å²) in [6, 6.07) is 4.10. The molecule has 0 saturated carbocycles. The zero-order valence-corrected chi connectivity index (χ0v) is 12.3. The molecule has 1 aliphatic heterocycles. The molecule has 0 spiro atoms. The molecule has 0 aromatic carbocycles. The van der Waals surface area contributed by atoms with Crippen LogP contribution in [0.1, 0.15) is 30.2 Å². The Morgan fingerprint density at radius 2 is 2.56 bits per heavy atom. The Bertz CT molecular complexity index is 380. The maximum absolute atomic E-state index is 12.4. The smallest absolute Gasteiger partial charge is 0.240 e. The van der Waals surface area contributed by atoms with Gasteiger partial charge in [-0.15, -0.1) is 11.3 Å². The number of hydrogen-bond donors (Lipinski definition) is 1. The molecular weight excluding hydrogens is 264 g/mol. The summed E-state index contributed by atoms with van der Waals surface area (Å²) in [4.78, 5) is 15.6. The monoisotopic (exact) mass is 284 g/mol. The molecule has 0 aliphatic carbocycles. The summed E-state index contributed by atoms with van der Waals surface area (Å²) in [6.45, 7) is 0.856. The molecule has 2 atom stereocenters. The topological polar surface area (TPSA) is 46.3 Å². The number of carbonyl (C=O) groups is 1. The number of rotatable bonds is 5. The Balaban J connectivity index is 2.00. The minimum absolute atomic E-state index is 0.125. The van der Waals surface area contributed by atoms with Gasteiger partial charge in [0.1, 0.15) is 0 Å². The quantitative estimate of drug-likeness (QED) is 0.903. The zero-order valence-electron chi connectivity index (χ0n) is 10.7. The SMILES string of the molecule is CSCC[C@H](N)C(=O)N1CCCC1c1cccs1. The Kier molecular flexibility index (Phi) is 5.09. The van der Waals surface area contributed by atoms with E-state index in [1.165, 1.54) is 4.88 Å². The number of hydrogen-bond acceptors (Lipinski definition) is 4. The van der Waals surface area contributed by atoms with Crippen molar-refractivity contribution < 1.29 is 4.79 Å². The number of thiophene rings is 1. The number of likely N-dealkylation sites (tertiary alicyclic amines) is 1. The van der Waals surface area contributed by atoms with E-state index < -0.39 is 0 Å². The van der Waals surface area contributed by atoms with Crippen LogP contribution in [0.25, 0.3) is 0 Å². The third-order valence-electron chi connectivity index (χ3n) is 3.36. The molecular formula is C13H20N2OS2. The normalized spacial score (nSPS) is 21.2. The second-order valence-corrected chi connectivity index (χ2v) is 6.56. The number of thioether (sulfide) groups is 1. The van der Waals surface area contributed by atoms with Crippen LogP contribution in [0.2, 0.25) is 0 Å². The lowest BCUT2D eigenvalue weighted by molar-refractivity contribution is -0.133. The first-order chi connectivity index (χ1) is 8.74. The van der Waals surface area contributed by atoms with Crippen LogP contribution in [-0.4, -0.2) is 35.4 Å². The van der Waals surface area contributed by atoms with E-state index in [1.807, 2.05) is 11.2 Å². The summed E-state index contributed by atoms with van der Waals surface area (Å²) in [5, 5.41) is 2.07. The van der Waals surface area contributed by atoms with E-state index in [0.29, 0.717) is 0 Å². The Morgan fingerprint density at radius 3 is 3.22 bits per heavy atom. The van der Waals surface area contributed by atoms with E-state index in [2.05, 4.69) is 17.5 Å². The molecule has 1 aliphatic rings. The van der Waals surface area contributed by atoms with Gasteiger partial charge in [0.2, 0.25) is 5.91 Å². The Morgan fingerprint density at radius 1 is 1.72 bits per heavy atom. The number of nitrogens with two attached hydrogens (primary N) is 1. The molecule has 3 nitrogen and oxygen atoms in total. The molecule has 1 unspecified atom stereocenters. The van der Waals surface area contributed by atoms with E-state index >= 15 is 0 Å². The van der Waals surface area contributed by atoms with Crippen LogP contribution in [0.4, 0.5) is 0 Å². The lowest BCUT2D eigenvalue weighted by atomic mass is 10.1. The van der Waals surface area contributed by atoms with Gasteiger partial charge >= 0.3 is 0 Å². The maximum Gasteiger partial charge on any atom is 0.240 e. The van der Waals surface area contributed by atoms with Crippen molar-refractivity contribution in [1.82, 2.24) is 4.90 Å². The van der Waals surface area contributed by atoms with Crippen LogP contribution in [-0.2, 0) is 4.79 Å². The van der Waals surface area contributed by atoms with Gasteiger partial charge < -0.3 is 10.6 Å². The van der Waals surface area contributed by atoms with Crippen molar-refractivity contribution in [3.8, 4) is 0 Å². The summed E-state index contributed by atoms with van der Waals surface area (Å²) in [7, 11) is 0. The third-order valence-corrected chi connectivity index (χ3v) is 4.98. The summed E-state index contributed by atoms with van der Waals surface area (Å²) in [5.41, 5.74) is 6.00. The molecule has 0 radical (unpaired) electrons. The Hall–Kier alpha value is -0.520. The van der Waals surface area contributed by atoms with E-state index in [9.17, 15) is 4.79 Å². The molecule has 1 aromatic rings. The van der Waals surface area contributed by atoms with Crippen LogP contribution in [0.5, 0.6) is 0 Å². The fourth-order valence-electron chi connectivity index (χ4n) is 2.39. The highest BCUT2D eigenvalue weighted by molar-refractivity contribution is 7.98. The van der Waals surface area contributed by atoms with Crippen LogP contribution in [0.3, 0.4) is 0 Å². The van der Waals surface area contributed by atoms with Crippen molar-refractivity contribution in [1.29, 1.82) is 0 Å². The fourth-order valence-corrected chi connectivity index (χ4v) is 3.75. The van der Waals surface area contributed by atoms with Crippen molar-refractivity contribution >= 4 is 29.0 Å². The molecule has 1 amide bonds. The van der Waals surface area contributed by atoms with Gasteiger partial charge in [-0.1, -0.05) is 6.07 Å². The molecule has 2 rings (SSSR count). The molecule has 5 heteroatoms. The number of carbonyl (C=O) groups excluding carboxylic acids is 1. The first kappa shape index (κ1) is 13.9. The maximum atomic E-state index is 12.4. The lowest BCUT2D eigenvalue weighted by Crippen LogP contribution is -2.43. The molecule has 1 saturated heterocycles. The highest BCUT2D eigenvalue weighted by Gasteiger charge is 2.32. The van der Waals surface area contributed by atoms with Crippen molar-refractivity contribution in [3.63, 3.8) is 0 Å². The predicted molar refractivity (Wildman–Crippen MR) is 79.0 cm³/mol. The van der Waals surface area contributed by atoms with E-state index in [4.69, 9.17) is 5.73 Å².